The van der Waals surface area contributed by atoms with Crippen molar-refractivity contribution in [3.05, 3.63) is 0 Å². The van der Waals surface area contributed by atoms with Crippen molar-refractivity contribution < 1.29 is 4.79 Å². The molecular weight excluding hydrogens is 190 g/mol. The zero-order valence-corrected chi connectivity index (χ0v) is 10.0. The Morgan fingerprint density at radius 3 is 2.80 bits per heavy atom. The average Bonchev–Trinajstić information content (AvgIpc) is 2.61. The van der Waals surface area contributed by atoms with Gasteiger partial charge in [0.2, 0.25) is 5.91 Å². The summed E-state index contributed by atoms with van der Waals surface area (Å²) in [7, 11) is 2.03. The molecule has 0 aliphatic carbocycles. The maximum Gasteiger partial charge on any atom is 0.234 e. The van der Waals surface area contributed by atoms with E-state index in [9.17, 15) is 4.79 Å². The Morgan fingerprint density at radius 1 is 1.53 bits per heavy atom. The van der Waals surface area contributed by atoms with Gasteiger partial charge in [-0.25, -0.2) is 0 Å². The topological polar surface area (TPSA) is 44.4 Å². The Morgan fingerprint density at radius 2 is 2.27 bits per heavy atom. The molecule has 1 saturated heterocycles. The van der Waals surface area contributed by atoms with E-state index in [-0.39, 0.29) is 5.91 Å². The number of likely N-dealkylation sites (N-methyl/N-ethyl adjacent to an activating group) is 1. The largest absolute Gasteiger partial charge is 0.355 e. The van der Waals surface area contributed by atoms with Crippen molar-refractivity contribution in [1.29, 1.82) is 0 Å². The summed E-state index contributed by atoms with van der Waals surface area (Å²) in [6.07, 6.45) is 0.997. The van der Waals surface area contributed by atoms with Gasteiger partial charge >= 0.3 is 0 Å². The van der Waals surface area contributed by atoms with E-state index in [0.29, 0.717) is 18.5 Å². The third-order valence-corrected chi connectivity index (χ3v) is 3.01. The van der Waals surface area contributed by atoms with Crippen LogP contribution in [-0.4, -0.2) is 50.1 Å². The Balaban J connectivity index is 2.28. The first-order chi connectivity index (χ1) is 7.15. The van der Waals surface area contributed by atoms with Gasteiger partial charge in [-0.1, -0.05) is 13.8 Å². The maximum absolute atomic E-state index is 11.5. The predicted molar refractivity (Wildman–Crippen MR) is 61.8 cm³/mol. The smallest absolute Gasteiger partial charge is 0.234 e. The van der Waals surface area contributed by atoms with E-state index >= 15 is 0 Å². The molecule has 2 N–H and O–H groups in total. The zero-order valence-electron chi connectivity index (χ0n) is 10.0. The lowest BCUT2D eigenvalue weighted by Gasteiger charge is -2.26. The molecule has 88 valence electrons. The lowest BCUT2D eigenvalue weighted by atomic mass is 10.1. The molecule has 0 aromatic carbocycles. The fourth-order valence-electron chi connectivity index (χ4n) is 2.05. The summed E-state index contributed by atoms with van der Waals surface area (Å²) in [6, 6.07) is 0.498. The first-order valence-electron chi connectivity index (χ1n) is 5.82. The molecule has 1 amide bonds. The van der Waals surface area contributed by atoms with Crippen LogP contribution in [0.3, 0.4) is 0 Å². The van der Waals surface area contributed by atoms with E-state index in [1.54, 1.807) is 0 Å². The molecule has 4 heteroatoms. The summed E-state index contributed by atoms with van der Waals surface area (Å²) < 4.78 is 0. The minimum Gasteiger partial charge on any atom is -0.355 e. The molecular formula is C11H23N3O. The number of hydrogen-bond acceptors (Lipinski definition) is 3. The number of hydrogen-bond donors (Lipinski definition) is 2. The molecule has 1 aliphatic rings. The van der Waals surface area contributed by atoms with Crippen LogP contribution < -0.4 is 10.6 Å². The molecule has 1 fully saturated rings. The molecule has 0 saturated carbocycles. The molecule has 0 aromatic heterocycles. The SMILES string of the molecule is CCCNC(=O)CN(C)C1CNCC1C. The van der Waals surface area contributed by atoms with Gasteiger partial charge in [-0.2, -0.15) is 0 Å². The van der Waals surface area contributed by atoms with E-state index < -0.39 is 0 Å². The van der Waals surface area contributed by atoms with Gasteiger partial charge in [0.25, 0.3) is 0 Å². The molecule has 2 atom stereocenters. The van der Waals surface area contributed by atoms with Crippen LogP contribution in [-0.2, 0) is 4.79 Å². The number of carbonyl (C=O) groups is 1. The van der Waals surface area contributed by atoms with Crippen molar-refractivity contribution in [3.8, 4) is 0 Å². The van der Waals surface area contributed by atoms with E-state index in [1.165, 1.54) is 0 Å². The highest BCUT2D eigenvalue weighted by Gasteiger charge is 2.27. The van der Waals surface area contributed by atoms with Crippen LogP contribution in [0.1, 0.15) is 20.3 Å². The summed E-state index contributed by atoms with van der Waals surface area (Å²) in [5.41, 5.74) is 0. The fourth-order valence-corrected chi connectivity index (χ4v) is 2.05. The second kappa shape index (κ2) is 6.08. The highest BCUT2D eigenvalue weighted by atomic mass is 16.2. The monoisotopic (exact) mass is 213 g/mol. The lowest BCUT2D eigenvalue weighted by molar-refractivity contribution is -0.122. The van der Waals surface area contributed by atoms with Crippen LogP contribution in [0.2, 0.25) is 0 Å². The quantitative estimate of drug-likeness (QED) is 0.678. The summed E-state index contributed by atoms with van der Waals surface area (Å²) >= 11 is 0. The molecule has 4 nitrogen and oxygen atoms in total. The predicted octanol–water partition coefficient (Wildman–Crippen LogP) is 0.0523. The molecule has 0 spiro atoms. The minimum atomic E-state index is 0.137. The van der Waals surface area contributed by atoms with Crippen LogP contribution >= 0.6 is 0 Å². The van der Waals surface area contributed by atoms with E-state index in [1.807, 2.05) is 7.05 Å². The van der Waals surface area contributed by atoms with Crippen LogP contribution in [0.25, 0.3) is 0 Å². The van der Waals surface area contributed by atoms with E-state index in [4.69, 9.17) is 0 Å². The molecule has 1 aliphatic heterocycles. The summed E-state index contributed by atoms with van der Waals surface area (Å²) in [5.74, 6) is 0.771. The van der Waals surface area contributed by atoms with Crippen molar-refractivity contribution in [2.45, 2.75) is 26.3 Å². The summed E-state index contributed by atoms with van der Waals surface area (Å²) in [6.45, 7) is 7.64. The first kappa shape index (κ1) is 12.5. The van der Waals surface area contributed by atoms with Crippen molar-refractivity contribution in [2.75, 3.05) is 33.2 Å². The van der Waals surface area contributed by atoms with Gasteiger partial charge in [-0.05, 0) is 25.9 Å². The van der Waals surface area contributed by atoms with E-state index in [0.717, 1.165) is 26.1 Å². The van der Waals surface area contributed by atoms with Crippen LogP contribution in [0.15, 0.2) is 0 Å². The Labute approximate surface area is 92.4 Å². The Bertz CT molecular complexity index is 208. The zero-order chi connectivity index (χ0) is 11.3. The van der Waals surface area contributed by atoms with E-state index in [2.05, 4.69) is 29.4 Å². The maximum atomic E-state index is 11.5. The third-order valence-electron chi connectivity index (χ3n) is 3.01. The van der Waals surface area contributed by atoms with Crippen LogP contribution in [0.4, 0.5) is 0 Å². The molecule has 2 unspecified atom stereocenters. The molecule has 0 aromatic rings. The van der Waals surface area contributed by atoms with Gasteiger partial charge in [-0.3, -0.25) is 9.69 Å². The van der Waals surface area contributed by atoms with Crippen molar-refractivity contribution in [3.63, 3.8) is 0 Å². The van der Waals surface area contributed by atoms with Crippen molar-refractivity contribution in [2.24, 2.45) is 5.92 Å². The highest BCUT2D eigenvalue weighted by Crippen LogP contribution is 2.12. The minimum absolute atomic E-state index is 0.137. The number of rotatable bonds is 5. The highest BCUT2D eigenvalue weighted by molar-refractivity contribution is 5.77. The first-order valence-corrected chi connectivity index (χ1v) is 5.82. The number of carbonyl (C=O) groups excluding carboxylic acids is 1. The fraction of sp³-hybridized carbons (Fsp3) is 0.909. The number of amides is 1. The van der Waals surface area contributed by atoms with Gasteiger partial charge in [0.05, 0.1) is 6.54 Å². The average molecular weight is 213 g/mol. The van der Waals surface area contributed by atoms with Gasteiger partial charge < -0.3 is 10.6 Å². The molecule has 0 radical (unpaired) electrons. The van der Waals surface area contributed by atoms with Gasteiger partial charge in [-0.15, -0.1) is 0 Å². The summed E-state index contributed by atoms with van der Waals surface area (Å²) in [5, 5.41) is 6.25. The van der Waals surface area contributed by atoms with Crippen LogP contribution in [0.5, 0.6) is 0 Å². The van der Waals surface area contributed by atoms with Crippen molar-refractivity contribution in [1.82, 2.24) is 15.5 Å². The lowest BCUT2D eigenvalue weighted by Crippen LogP contribution is -2.43. The Hall–Kier alpha value is -0.610. The number of nitrogens with one attached hydrogen (secondary N) is 2. The second-order valence-electron chi connectivity index (χ2n) is 4.47. The molecule has 15 heavy (non-hydrogen) atoms. The van der Waals surface area contributed by atoms with Gasteiger partial charge in [0, 0.05) is 19.1 Å². The standard InChI is InChI=1S/C11H23N3O/c1-4-5-13-11(15)8-14(3)10-7-12-6-9(10)2/h9-10,12H,4-8H2,1-3H3,(H,13,15). The van der Waals surface area contributed by atoms with Gasteiger partial charge in [0.15, 0.2) is 0 Å². The third kappa shape index (κ3) is 3.80. The molecule has 0 bridgehead atoms. The summed E-state index contributed by atoms with van der Waals surface area (Å²) in [4.78, 5) is 13.7. The number of nitrogens with zero attached hydrogens (tertiary/aromatic N) is 1. The second-order valence-corrected chi connectivity index (χ2v) is 4.47. The van der Waals surface area contributed by atoms with Crippen molar-refractivity contribution >= 4 is 5.91 Å². The van der Waals surface area contributed by atoms with Gasteiger partial charge in [0.1, 0.15) is 0 Å². The normalized spacial score (nSPS) is 25.9. The molecule has 1 heterocycles. The molecule has 1 rings (SSSR count). The Kier molecular flexibility index (Phi) is 5.05. The van der Waals surface area contributed by atoms with Crippen LogP contribution in [0, 0.1) is 5.92 Å².